The molecule has 0 spiro atoms. The van der Waals surface area contributed by atoms with Crippen LogP contribution in [0, 0.1) is 0 Å². The van der Waals surface area contributed by atoms with Crippen molar-refractivity contribution >= 4 is 27.5 Å². The quantitative estimate of drug-likeness (QED) is 0.582. The number of aromatic nitrogens is 1. The predicted molar refractivity (Wildman–Crippen MR) is 48.4 cm³/mol. The van der Waals surface area contributed by atoms with Gasteiger partial charge in [-0.25, -0.2) is 4.98 Å². The normalized spacial score (nSPS) is 9.73. The highest BCUT2D eigenvalue weighted by atomic mass is 79.9. The molecular weight excluding hydrogens is 229 g/mol. The van der Waals surface area contributed by atoms with Crippen LogP contribution in [0.3, 0.4) is 0 Å². The van der Waals surface area contributed by atoms with Crippen LogP contribution in [0.2, 0.25) is 5.15 Å². The maximum absolute atomic E-state index is 5.67. The summed E-state index contributed by atoms with van der Waals surface area (Å²) < 4.78 is 5.04. The topological polar surface area (TPSA) is 22.1 Å². The van der Waals surface area contributed by atoms with Crippen LogP contribution >= 0.6 is 27.5 Å². The minimum atomic E-state index is 0.486. The monoisotopic (exact) mass is 235 g/mol. The van der Waals surface area contributed by atoms with Crippen molar-refractivity contribution < 1.29 is 4.74 Å². The zero-order valence-electron chi connectivity index (χ0n) is 5.97. The van der Waals surface area contributed by atoms with Crippen LogP contribution in [-0.4, -0.2) is 12.1 Å². The Morgan fingerprint density at radius 1 is 1.73 bits per heavy atom. The fourth-order valence-corrected chi connectivity index (χ4v) is 1.36. The Balaban J connectivity index is 3.06. The number of pyridine rings is 1. The van der Waals surface area contributed by atoms with E-state index in [4.69, 9.17) is 16.3 Å². The number of alkyl halides is 1. The van der Waals surface area contributed by atoms with Crippen LogP contribution in [-0.2, 0) is 5.33 Å². The lowest BCUT2D eigenvalue weighted by atomic mass is 10.3. The molecule has 0 bridgehead atoms. The summed E-state index contributed by atoms with van der Waals surface area (Å²) in [7, 11) is 1.61. The molecule has 0 atom stereocenters. The molecule has 60 valence electrons. The Labute approximate surface area is 78.7 Å². The first kappa shape index (κ1) is 8.81. The lowest BCUT2D eigenvalue weighted by molar-refractivity contribution is 0.409. The van der Waals surface area contributed by atoms with Gasteiger partial charge in [-0.2, -0.15) is 0 Å². The Morgan fingerprint density at radius 2 is 2.45 bits per heavy atom. The molecule has 0 aromatic carbocycles. The molecule has 0 radical (unpaired) electrons. The number of hydrogen-bond acceptors (Lipinski definition) is 2. The lowest BCUT2D eigenvalue weighted by Gasteiger charge is -2.03. The van der Waals surface area contributed by atoms with E-state index in [1.807, 2.05) is 0 Å². The van der Waals surface area contributed by atoms with Gasteiger partial charge in [-0.3, -0.25) is 0 Å². The molecule has 0 fully saturated rings. The zero-order chi connectivity index (χ0) is 8.27. The Kier molecular flexibility index (Phi) is 3.15. The second kappa shape index (κ2) is 3.93. The summed E-state index contributed by atoms with van der Waals surface area (Å²) in [5, 5.41) is 1.21. The molecule has 0 amide bonds. The summed E-state index contributed by atoms with van der Waals surface area (Å²) in [6, 6.07) is 1.77. The SMILES string of the molecule is COc1cnc(Cl)cc1CBr. The molecule has 0 saturated carbocycles. The highest BCUT2D eigenvalue weighted by Gasteiger charge is 2.01. The average molecular weight is 236 g/mol. The van der Waals surface area contributed by atoms with Gasteiger partial charge < -0.3 is 4.74 Å². The third-order valence-corrected chi connectivity index (χ3v) is 2.09. The molecular formula is C7H7BrClNO. The molecule has 2 nitrogen and oxygen atoms in total. The first-order chi connectivity index (χ1) is 5.27. The highest BCUT2D eigenvalue weighted by Crippen LogP contribution is 2.21. The van der Waals surface area contributed by atoms with Crippen molar-refractivity contribution in [3.63, 3.8) is 0 Å². The van der Waals surface area contributed by atoms with Gasteiger partial charge in [0.25, 0.3) is 0 Å². The summed E-state index contributed by atoms with van der Waals surface area (Å²) in [6.07, 6.45) is 1.61. The molecule has 1 aromatic heterocycles. The number of nitrogens with zero attached hydrogens (tertiary/aromatic N) is 1. The van der Waals surface area contributed by atoms with Crippen LogP contribution in [0.15, 0.2) is 12.3 Å². The van der Waals surface area contributed by atoms with E-state index in [1.165, 1.54) is 0 Å². The van der Waals surface area contributed by atoms with Crippen molar-refractivity contribution in [1.82, 2.24) is 4.98 Å². The van der Waals surface area contributed by atoms with Crippen LogP contribution in [0.5, 0.6) is 5.75 Å². The highest BCUT2D eigenvalue weighted by molar-refractivity contribution is 9.08. The van der Waals surface area contributed by atoms with Gasteiger partial charge in [-0.1, -0.05) is 27.5 Å². The summed E-state index contributed by atoms with van der Waals surface area (Å²) in [4.78, 5) is 3.88. The second-order valence-corrected chi connectivity index (χ2v) is 2.90. The molecule has 0 N–H and O–H groups in total. The number of rotatable bonds is 2. The van der Waals surface area contributed by atoms with Crippen LogP contribution in [0.25, 0.3) is 0 Å². The largest absolute Gasteiger partial charge is 0.495 e. The molecule has 0 aliphatic heterocycles. The number of hydrogen-bond donors (Lipinski definition) is 0. The molecule has 4 heteroatoms. The van der Waals surface area contributed by atoms with Gasteiger partial charge in [0.2, 0.25) is 0 Å². The van der Waals surface area contributed by atoms with E-state index in [0.717, 1.165) is 16.6 Å². The number of methoxy groups -OCH3 is 1. The maximum Gasteiger partial charge on any atom is 0.141 e. The first-order valence-electron chi connectivity index (χ1n) is 3.02. The summed E-state index contributed by atoms with van der Waals surface area (Å²) >= 11 is 8.98. The number of ether oxygens (including phenoxy) is 1. The predicted octanol–water partition coefficient (Wildman–Crippen LogP) is 2.64. The van der Waals surface area contributed by atoms with Gasteiger partial charge in [0.1, 0.15) is 10.9 Å². The Morgan fingerprint density at radius 3 is 3.00 bits per heavy atom. The fourth-order valence-electron chi connectivity index (χ4n) is 0.744. The van der Waals surface area contributed by atoms with E-state index in [9.17, 15) is 0 Å². The minimum absolute atomic E-state index is 0.486. The van der Waals surface area contributed by atoms with Gasteiger partial charge in [0, 0.05) is 10.9 Å². The third kappa shape index (κ3) is 2.07. The molecule has 0 saturated heterocycles. The van der Waals surface area contributed by atoms with Gasteiger partial charge in [0.05, 0.1) is 13.3 Å². The van der Waals surface area contributed by atoms with Gasteiger partial charge in [0.15, 0.2) is 0 Å². The third-order valence-electron chi connectivity index (χ3n) is 1.28. The molecule has 1 rings (SSSR count). The van der Waals surface area contributed by atoms with E-state index in [-0.39, 0.29) is 0 Å². The first-order valence-corrected chi connectivity index (χ1v) is 4.52. The second-order valence-electron chi connectivity index (χ2n) is 1.95. The van der Waals surface area contributed by atoms with Gasteiger partial charge in [-0.05, 0) is 6.07 Å². The minimum Gasteiger partial charge on any atom is -0.495 e. The van der Waals surface area contributed by atoms with Crippen molar-refractivity contribution in [3.8, 4) is 5.75 Å². The van der Waals surface area contributed by atoms with E-state index in [2.05, 4.69) is 20.9 Å². The fraction of sp³-hybridized carbons (Fsp3) is 0.286. The maximum atomic E-state index is 5.67. The van der Waals surface area contributed by atoms with Crippen molar-refractivity contribution in [1.29, 1.82) is 0 Å². The van der Waals surface area contributed by atoms with E-state index in [0.29, 0.717) is 5.15 Å². The number of halogens is 2. The van der Waals surface area contributed by atoms with E-state index < -0.39 is 0 Å². The van der Waals surface area contributed by atoms with Gasteiger partial charge in [-0.15, -0.1) is 0 Å². The van der Waals surface area contributed by atoms with E-state index >= 15 is 0 Å². The lowest BCUT2D eigenvalue weighted by Crippen LogP contribution is -1.90. The molecule has 1 heterocycles. The van der Waals surface area contributed by atoms with Crippen molar-refractivity contribution in [3.05, 3.63) is 23.0 Å². The summed E-state index contributed by atoms with van der Waals surface area (Å²) in [6.45, 7) is 0. The van der Waals surface area contributed by atoms with Crippen molar-refractivity contribution in [2.45, 2.75) is 5.33 Å². The molecule has 0 aliphatic carbocycles. The van der Waals surface area contributed by atoms with Crippen molar-refractivity contribution in [2.24, 2.45) is 0 Å². The van der Waals surface area contributed by atoms with Crippen LogP contribution in [0.1, 0.15) is 5.56 Å². The van der Waals surface area contributed by atoms with Crippen molar-refractivity contribution in [2.75, 3.05) is 7.11 Å². The summed E-state index contributed by atoms with van der Waals surface area (Å²) in [5.74, 6) is 0.756. The average Bonchev–Trinajstić information content (AvgIpc) is 2.04. The zero-order valence-corrected chi connectivity index (χ0v) is 8.32. The van der Waals surface area contributed by atoms with Crippen LogP contribution < -0.4 is 4.74 Å². The molecule has 1 aromatic rings. The van der Waals surface area contributed by atoms with Crippen LogP contribution in [0.4, 0.5) is 0 Å². The molecule has 0 unspecified atom stereocenters. The molecule has 11 heavy (non-hydrogen) atoms. The Hall–Kier alpha value is -0.280. The molecule has 0 aliphatic rings. The summed E-state index contributed by atoms with van der Waals surface area (Å²) in [5.41, 5.74) is 1.01. The van der Waals surface area contributed by atoms with Gasteiger partial charge >= 0.3 is 0 Å². The standard InChI is InChI=1S/C7H7BrClNO/c1-11-6-4-10-7(9)2-5(6)3-8/h2,4H,3H2,1H3. The Bertz CT molecular complexity index is 254. The van der Waals surface area contributed by atoms with E-state index in [1.54, 1.807) is 19.4 Å². The smallest absolute Gasteiger partial charge is 0.141 e.